The summed E-state index contributed by atoms with van der Waals surface area (Å²) in [6.45, 7) is 7.93. The van der Waals surface area contributed by atoms with Gasteiger partial charge in [-0.1, -0.05) is 33.8 Å². The van der Waals surface area contributed by atoms with Gasteiger partial charge < -0.3 is 5.11 Å². The van der Waals surface area contributed by atoms with Gasteiger partial charge in [0.1, 0.15) is 0 Å². The van der Waals surface area contributed by atoms with E-state index >= 15 is 0 Å². The molecule has 0 radical (unpaired) electrons. The molecule has 1 unspecified atom stereocenters. The summed E-state index contributed by atoms with van der Waals surface area (Å²) in [5, 5.41) is 20.1. The molecule has 0 fully saturated rings. The Hall–Kier alpha value is -1.34. The minimum absolute atomic E-state index is 0.0314. The van der Waals surface area contributed by atoms with Gasteiger partial charge in [0.2, 0.25) is 0 Å². The van der Waals surface area contributed by atoms with Gasteiger partial charge in [-0.2, -0.15) is 5.26 Å². The van der Waals surface area contributed by atoms with Gasteiger partial charge in [0, 0.05) is 11.3 Å². The average Bonchev–Trinajstić information content (AvgIpc) is 2.86. The Balaban J connectivity index is 0.00000137. The highest BCUT2D eigenvalue weighted by Crippen LogP contribution is 2.38. The summed E-state index contributed by atoms with van der Waals surface area (Å²) in [6.07, 6.45) is 0.403. The third-order valence-corrected chi connectivity index (χ3v) is 3.93. The van der Waals surface area contributed by atoms with Crippen molar-refractivity contribution in [2.45, 2.75) is 46.0 Å². The third kappa shape index (κ3) is 3.85. The first-order valence-corrected chi connectivity index (χ1v) is 7.08. The topological polar surface area (TPSA) is 61.1 Å². The average molecular weight is 267 g/mol. The summed E-state index contributed by atoms with van der Waals surface area (Å²) in [6, 6.07) is 6.13. The Morgan fingerprint density at radius 3 is 2.50 bits per heavy atom. The van der Waals surface area contributed by atoms with E-state index in [0.29, 0.717) is 6.42 Å². The summed E-state index contributed by atoms with van der Waals surface area (Å²) in [4.78, 5) is 11.6. The standard InChI is InChI=1S/C12H15NO2S.C2H6/c1-9(2)12(8-13,6-5-11(14)15)10-4-3-7-16-10;1-2/h3-4,7,9H,5-6H2,1-2H3,(H,14,15);1-2H3. The lowest BCUT2D eigenvalue weighted by atomic mass is 9.74. The smallest absolute Gasteiger partial charge is 0.303 e. The molecule has 0 amide bonds. The number of carbonyl (C=O) groups is 1. The van der Waals surface area contributed by atoms with Gasteiger partial charge in [0.05, 0.1) is 11.5 Å². The Labute approximate surface area is 113 Å². The number of nitrogens with zero attached hydrogens (tertiary/aromatic N) is 1. The Morgan fingerprint density at radius 2 is 2.17 bits per heavy atom. The molecule has 1 aromatic rings. The molecule has 1 heterocycles. The predicted octanol–water partition coefficient (Wildman–Crippen LogP) is 4.06. The molecular formula is C14H21NO2S. The number of thiophene rings is 1. The summed E-state index contributed by atoms with van der Waals surface area (Å²) < 4.78 is 0. The summed E-state index contributed by atoms with van der Waals surface area (Å²) in [7, 11) is 0. The van der Waals surface area contributed by atoms with Crippen LogP contribution in [0, 0.1) is 17.2 Å². The molecule has 0 saturated heterocycles. The molecule has 0 saturated carbocycles. The highest BCUT2D eigenvalue weighted by Gasteiger charge is 2.37. The molecule has 1 aromatic heterocycles. The monoisotopic (exact) mass is 267 g/mol. The minimum atomic E-state index is -0.850. The molecule has 0 aromatic carbocycles. The van der Waals surface area contributed by atoms with Crippen molar-refractivity contribution in [3.8, 4) is 6.07 Å². The van der Waals surface area contributed by atoms with Crippen molar-refractivity contribution in [3.05, 3.63) is 22.4 Å². The second-order valence-corrected chi connectivity index (χ2v) is 5.06. The van der Waals surface area contributed by atoms with Crippen LogP contribution in [0.3, 0.4) is 0 Å². The number of hydrogen-bond acceptors (Lipinski definition) is 3. The number of nitriles is 1. The highest BCUT2D eigenvalue weighted by molar-refractivity contribution is 7.10. The molecule has 0 aliphatic heterocycles. The lowest BCUT2D eigenvalue weighted by Gasteiger charge is -2.29. The first-order chi connectivity index (χ1) is 8.53. The van der Waals surface area contributed by atoms with E-state index in [0.717, 1.165) is 4.88 Å². The second kappa shape index (κ2) is 7.88. The van der Waals surface area contributed by atoms with Crippen molar-refractivity contribution in [2.75, 3.05) is 0 Å². The Morgan fingerprint density at radius 1 is 1.56 bits per heavy atom. The van der Waals surface area contributed by atoms with Crippen LogP contribution in [0.4, 0.5) is 0 Å². The first-order valence-electron chi connectivity index (χ1n) is 6.20. The number of carboxylic acid groups (broad SMARTS) is 1. The van der Waals surface area contributed by atoms with Gasteiger partial charge in [-0.15, -0.1) is 11.3 Å². The van der Waals surface area contributed by atoms with Crippen LogP contribution < -0.4 is 0 Å². The Kier molecular flexibility index (Phi) is 7.30. The van der Waals surface area contributed by atoms with E-state index in [-0.39, 0.29) is 12.3 Å². The van der Waals surface area contributed by atoms with Gasteiger partial charge >= 0.3 is 5.97 Å². The fourth-order valence-corrected chi connectivity index (χ4v) is 2.83. The van der Waals surface area contributed by atoms with Crippen molar-refractivity contribution in [2.24, 2.45) is 5.92 Å². The minimum Gasteiger partial charge on any atom is -0.481 e. The molecular weight excluding hydrogens is 246 g/mol. The van der Waals surface area contributed by atoms with Gasteiger partial charge in [-0.05, 0) is 23.8 Å². The van der Waals surface area contributed by atoms with Crippen molar-refractivity contribution in [1.82, 2.24) is 0 Å². The molecule has 1 N–H and O–H groups in total. The highest BCUT2D eigenvalue weighted by atomic mass is 32.1. The quantitative estimate of drug-likeness (QED) is 0.875. The largest absolute Gasteiger partial charge is 0.481 e. The van der Waals surface area contributed by atoms with E-state index in [1.54, 1.807) is 0 Å². The van der Waals surface area contributed by atoms with Crippen molar-refractivity contribution < 1.29 is 9.90 Å². The van der Waals surface area contributed by atoms with Crippen LogP contribution in [0.5, 0.6) is 0 Å². The van der Waals surface area contributed by atoms with Crippen LogP contribution in [0.15, 0.2) is 17.5 Å². The van der Waals surface area contributed by atoms with Crippen LogP contribution in [0.2, 0.25) is 0 Å². The van der Waals surface area contributed by atoms with E-state index in [1.165, 1.54) is 11.3 Å². The van der Waals surface area contributed by atoms with Crippen molar-refractivity contribution in [1.29, 1.82) is 5.26 Å². The van der Waals surface area contributed by atoms with Gasteiger partial charge in [-0.3, -0.25) is 4.79 Å². The van der Waals surface area contributed by atoms with E-state index in [1.807, 2.05) is 45.2 Å². The van der Waals surface area contributed by atoms with Crippen LogP contribution in [0.25, 0.3) is 0 Å². The molecule has 3 nitrogen and oxygen atoms in total. The van der Waals surface area contributed by atoms with E-state index in [2.05, 4.69) is 6.07 Å². The van der Waals surface area contributed by atoms with E-state index < -0.39 is 11.4 Å². The van der Waals surface area contributed by atoms with Crippen LogP contribution in [-0.4, -0.2) is 11.1 Å². The normalized spacial score (nSPS) is 13.1. The Bertz CT molecular complexity index is 392. The van der Waals surface area contributed by atoms with Gasteiger partial charge in [0.15, 0.2) is 0 Å². The molecule has 0 aliphatic rings. The second-order valence-electron chi connectivity index (χ2n) is 4.11. The predicted molar refractivity (Wildman–Crippen MR) is 74.7 cm³/mol. The summed E-state index contributed by atoms with van der Waals surface area (Å²) in [5.41, 5.74) is -0.660. The molecule has 1 rings (SSSR count). The SMILES string of the molecule is CC.CC(C)C(C#N)(CCC(=O)O)c1cccs1. The number of rotatable bonds is 5. The van der Waals surface area contributed by atoms with Gasteiger partial charge in [0.25, 0.3) is 0 Å². The molecule has 18 heavy (non-hydrogen) atoms. The molecule has 0 spiro atoms. The van der Waals surface area contributed by atoms with Crippen molar-refractivity contribution in [3.63, 3.8) is 0 Å². The van der Waals surface area contributed by atoms with Crippen LogP contribution in [-0.2, 0) is 10.2 Å². The maximum Gasteiger partial charge on any atom is 0.303 e. The zero-order valence-corrected chi connectivity index (χ0v) is 12.3. The number of carboxylic acids is 1. The summed E-state index contributed by atoms with van der Waals surface area (Å²) >= 11 is 1.52. The number of hydrogen-bond donors (Lipinski definition) is 1. The van der Waals surface area contributed by atoms with Gasteiger partial charge in [-0.25, -0.2) is 0 Å². The lowest BCUT2D eigenvalue weighted by molar-refractivity contribution is -0.137. The van der Waals surface area contributed by atoms with Crippen LogP contribution >= 0.6 is 11.3 Å². The maximum absolute atomic E-state index is 10.6. The zero-order chi connectivity index (χ0) is 14.2. The molecule has 0 bridgehead atoms. The zero-order valence-electron chi connectivity index (χ0n) is 11.4. The summed E-state index contributed by atoms with van der Waals surface area (Å²) in [5.74, 6) is -0.743. The van der Waals surface area contributed by atoms with E-state index in [4.69, 9.17) is 5.11 Å². The lowest BCUT2D eigenvalue weighted by Crippen LogP contribution is -2.30. The molecule has 4 heteroatoms. The third-order valence-electron chi connectivity index (χ3n) is 2.88. The molecule has 100 valence electrons. The molecule has 0 aliphatic carbocycles. The fourth-order valence-electron chi connectivity index (χ4n) is 1.77. The molecule has 1 atom stereocenters. The number of aliphatic carboxylic acids is 1. The van der Waals surface area contributed by atoms with E-state index in [9.17, 15) is 10.1 Å². The fraction of sp³-hybridized carbons (Fsp3) is 0.571. The first kappa shape index (κ1) is 16.7. The maximum atomic E-state index is 10.6. The van der Waals surface area contributed by atoms with Crippen molar-refractivity contribution >= 4 is 17.3 Å². The van der Waals surface area contributed by atoms with Crippen LogP contribution in [0.1, 0.15) is 45.4 Å².